The molecule has 102 valence electrons. The Morgan fingerprint density at radius 2 is 2.11 bits per heavy atom. The Morgan fingerprint density at radius 1 is 1.37 bits per heavy atom. The number of hydrogen-bond donors (Lipinski definition) is 1. The summed E-state index contributed by atoms with van der Waals surface area (Å²) in [6.45, 7) is 2.04. The number of halogens is 2. The molecule has 0 aliphatic rings. The number of aromatic nitrogens is 2. The summed E-state index contributed by atoms with van der Waals surface area (Å²) in [6.07, 6.45) is 0.830. The summed E-state index contributed by atoms with van der Waals surface area (Å²) in [7, 11) is 1.90. The minimum atomic E-state index is 0.702. The Labute approximate surface area is 127 Å². The molecule has 19 heavy (non-hydrogen) atoms. The number of hydrogen-bond acceptors (Lipinski definition) is 3. The second-order valence-electron chi connectivity index (χ2n) is 4.16. The van der Waals surface area contributed by atoms with Crippen molar-refractivity contribution < 1.29 is 0 Å². The second-order valence-corrected chi connectivity index (χ2v) is 5.97. The van der Waals surface area contributed by atoms with Gasteiger partial charge in [-0.15, -0.1) is 11.8 Å². The SMILES string of the molecule is CCc1nn(C)c(CSc2cc(N)ccc2Cl)c1Cl. The number of aryl methyl sites for hydroxylation is 2. The van der Waals surface area contributed by atoms with Crippen molar-refractivity contribution in [2.45, 2.75) is 24.0 Å². The maximum atomic E-state index is 6.31. The number of nitrogen functional groups attached to an aromatic ring is 1. The third-order valence-corrected chi connectivity index (χ3v) is 4.77. The van der Waals surface area contributed by atoms with E-state index in [1.807, 2.05) is 30.8 Å². The quantitative estimate of drug-likeness (QED) is 0.680. The van der Waals surface area contributed by atoms with Crippen LogP contribution in [0.4, 0.5) is 5.69 Å². The van der Waals surface area contributed by atoms with Gasteiger partial charge in [0.05, 0.1) is 21.4 Å². The zero-order valence-corrected chi connectivity index (χ0v) is 13.1. The van der Waals surface area contributed by atoms with Gasteiger partial charge in [0.25, 0.3) is 0 Å². The molecule has 0 fully saturated rings. The molecule has 3 nitrogen and oxygen atoms in total. The molecule has 2 rings (SSSR count). The smallest absolute Gasteiger partial charge is 0.0858 e. The molecule has 0 aliphatic carbocycles. The number of thioether (sulfide) groups is 1. The molecule has 2 N–H and O–H groups in total. The lowest BCUT2D eigenvalue weighted by Crippen LogP contribution is -1.97. The van der Waals surface area contributed by atoms with Crippen molar-refractivity contribution in [3.05, 3.63) is 39.6 Å². The van der Waals surface area contributed by atoms with E-state index in [2.05, 4.69) is 5.10 Å². The van der Waals surface area contributed by atoms with E-state index in [-0.39, 0.29) is 0 Å². The summed E-state index contributed by atoms with van der Waals surface area (Å²) in [4.78, 5) is 0.956. The number of benzene rings is 1. The Bertz CT molecular complexity index is 596. The van der Waals surface area contributed by atoms with E-state index in [4.69, 9.17) is 28.9 Å². The Kier molecular flexibility index (Phi) is 4.66. The van der Waals surface area contributed by atoms with Gasteiger partial charge in [-0.05, 0) is 24.6 Å². The van der Waals surface area contributed by atoms with E-state index >= 15 is 0 Å². The van der Waals surface area contributed by atoms with Crippen molar-refractivity contribution >= 4 is 40.7 Å². The van der Waals surface area contributed by atoms with Crippen molar-refractivity contribution in [2.75, 3.05) is 5.73 Å². The van der Waals surface area contributed by atoms with Crippen LogP contribution in [0.1, 0.15) is 18.3 Å². The van der Waals surface area contributed by atoms with Gasteiger partial charge in [0, 0.05) is 23.4 Å². The molecule has 0 radical (unpaired) electrons. The second kappa shape index (κ2) is 6.07. The van der Waals surface area contributed by atoms with E-state index in [0.29, 0.717) is 16.5 Å². The monoisotopic (exact) mass is 315 g/mol. The van der Waals surface area contributed by atoms with Gasteiger partial charge < -0.3 is 5.73 Å². The highest BCUT2D eigenvalue weighted by Crippen LogP contribution is 2.33. The number of anilines is 1. The molecule has 0 atom stereocenters. The number of nitrogens with zero attached hydrogens (tertiary/aromatic N) is 2. The predicted octanol–water partition coefficient (Wildman–Crippen LogP) is 4.16. The summed E-state index contributed by atoms with van der Waals surface area (Å²) >= 11 is 14.1. The van der Waals surface area contributed by atoms with Gasteiger partial charge in [0.15, 0.2) is 0 Å². The van der Waals surface area contributed by atoms with Crippen molar-refractivity contribution in [2.24, 2.45) is 7.05 Å². The molecule has 1 aromatic heterocycles. The first-order valence-corrected chi connectivity index (χ1v) is 7.65. The van der Waals surface area contributed by atoms with Gasteiger partial charge in [-0.25, -0.2) is 0 Å². The zero-order chi connectivity index (χ0) is 14.0. The minimum absolute atomic E-state index is 0.702. The fraction of sp³-hybridized carbons (Fsp3) is 0.308. The average molecular weight is 316 g/mol. The fourth-order valence-electron chi connectivity index (χ4n) is 1.75. The molecule has 0 unspecified atom stereocenters. The first kappa shape index (κ1) is 14.6. The molecule has 0 saturated carbocycles. The van der Waals surface area contributed by atoms with Crippen LogP contribution < -0.4 is 5.73 Å². The normalized spacial score (nSPS) is 10.9. The molecule has 0 aliphatic heterocycles. The Balaban J connectivity index is 2.19. The van der Waals surface area contributed by atoms with E-state index in [9.17, 15) is 0 Å². The van der Waals surface area contributed by atoms with E-state index in [1.54, 1.807) is 17.8 Å². The van der Waals surface area contributed by atoms with Gasteiger partial charge in [-0.3, -0.25) is 4.68 Å². The van der Waals surface area contributed by atoms with Crippen LogP contribution in [0.25, 0.3) is 0 Å². The lowest BCUT2D eigenvalue weighted by Gasteiger charge is -2.06. The third kappa shape index (κ3) is 3.19. The van der Waals surface area contributed by atoms with Crippen molar-refractivity contribution in [1.82, 2.24) is 9.78 Å². The highest BCUT2D eigenvalue weighted by Gasteiger charge is 2.13. The fourth-order valence-corrected chi connectivity index (χ4v) is 3.52. The van der Waals surface area contributed by atoms with Crippen LogP contribution in [-0.2, 0) is 19.2 Å². The summed E-state index contributed by atoms with van der Waals surface area (Å²) in [5, 5.41) is 5.84. The highest BCUT2D eigenvalue weighted by molar-refractivity contribution is 7.98. The third-order valence-electron chi connectivity index (χ3n) is 2.82. The molecule has 2 aromatic rings. The largest absolute Gasteiger partial charge is 0.399 e. The number of rotatable bonds is 4. The van der Waals surface area contributed by atoms with Gasteiger partial charge in [0.1, 0.15) is 0 Å². The first-order chi connectivity index (χ1) is 9.02. The van der Waals surface area contributed by atoms with Crippen LogP contribution in [0, 0.1) is 0 Å². The first-order valence-electron chi connectivity index (χ1n) is 5.91. The zero-order valence-electron chi connectivity index (χ0n) is 10.8. The molecule has 6 heteroatoms. The van der Waals surface area contributed by atoms with Crippen LogP contribution in [0.3, 0.4) is 0 Å². The summed E-state index contributed by atoms with van der Waals surface area (Å²) in [5.74, 6) is 0.714. The lowest BCUT2D eigenvalue weighted by molar-refractivity contribution is 0.720. The van der Waals surface area contributed by atoms with Crippen LogP contribution >= 0.6 is 35.0 Å². The average Bonchev–Trinajstić information content (AvgIpc) is 2.66. The van der Waals surface area contributed by atoms with Gasteiger partial charge in [-0.2, -0.15) is 5.10 Å². The Hall–Kier alpha value is -0.840. The minimum Gasteiger partial charge on any atom is -0.399 e. The molecule has 0 spiro atoms. The molecule has 1 heterocycles. The van der Waals surface area contributed by atoms with Crippen LogP contribution in [-0.4, -0.2) is 9.78 Å². The van der Waals surface area contributed by atoms with E-state index < -0.39 is 0 Å². The molecule has 0 saturated heterocycles. The molecular formula is C13H15Cl2N3S. The van der Waals surface area contributed by atoms with Gasteiger partial charge in [-0.1, -0.05) is 30.1 Å². The standard InChI is InChI=1S/C13H15Cl2N3S/c1-3-10-13(15)11(18(2)17-10)7-19-12-6-8(16)4-5-9(12)14/h4-6H,3,7,16H2,1-2H3. The Morgan fingerprint density at radius 3 is 2.74 bits per heavy atom. The maximum Gasteiger partial charge on any atom is 0.0858 e. The molecular weight excluding hydrogens is 301 g/mol. The van der Waals surface area contributed by atoms with Crippen LogP contribution in [0.15, 0.2) is 23.1 Å². The van der Waals surface area contributed by atoms with E-state index in [0.717, 1.165) is 27.7 Å². The van der Waals surface area contributed by atoms with Crippen LogP contribution in [0.2, 0.25) is 10.0 Å². The van der Waals surface area contributed by atoms with Gasteiger partial charge in [0.2, 0.25) is 0 Å². The molecule has 0 bridgehead atoms. The predicted molar refractivity (Wildman–Crippen MR) is 83.0 cm³/mol. The summed E-state index contributed by atoms with van der Waals surface area (Å²) in [5.41, 5.74) is 8.40. The van der Waals surface area contributed by atoms with Crippen LogP contribution in [0.5, 0.6) is 0 Å². The van der Waals surface area contributed by atoms with E-state index in [1.165, 1.54) is 0 Å². The highest BCUT2D eigenvalue weighted by atomic mass is 35.5. The lowest BCUT2D eigenvalue weighted by atomic mass is 10.3. The van der Waals surface area contributed by atoms with Crippen molar-refractivity contribution in [3.63, 3.8) is 0 Å². The number of nitrogens with two attached hydrogens (primary N) is 1. The summed E-state index contributed by atoms with van der Waals surface area (Å²) < 4.78 is 1.83. The summed E-state index contributed by atoms with van der Waals surface area (Å²) in [6, 6.07) is 5.47. The van der Waals surface area contributed by atoms with Gasteiger partial charge >= 0.3 is 0 Å². The van der Waals surface area contributed by atoms with Crippen molar-refractivity contribution in [1.29, 1.82) is 0 Å². The topological polar surface area (TPSA) is 43.8 Å². The molecule has 1 aromatic carbocycles. The molecule has 0 amide bonds. The maximum absolute atomic E-state index is 6.31. The van der Waals surface area contributed by atoms with Crippen molar-refractivity contribution in [3.8, 4) is 0 Å².